The molecule has 2 rings (SSSR count). The SMILES string of the molecule is CC[C@H](/C=C(/C)[C@@H](O)C[C@H](C[C@H](O)C(C)(C)c1cccc(CCCC(=O)O)c1)OC)COCOCCOC.CC[C@H](/C=C(/C)[C@@H](O)C[C@H](C[C@H](O)C(C)(C)c1cccc(CCCC(=O)OC)c1)OC)COCOCCOC.[Li+].[OH-]. The molecule has 0 radical (unpaired) electrons. The maximum Gasteiger partial charge on any atom is 1.00 e. The normalized spacial score (nSPS) is 15.3. The molecule has 8 atom stereocenters. The Kier molecular flexibility index (Phi) is 43.9. The summed E-state index contributed by atoms with van der Waals surface area (Å²) in [6, 6.07) is 16.1. The van der Waals surface area contributed by atoms with E-state index in [-0.39, 0.29) is 74.4 Å². The summed E-state index contributed by atoms with van der Waals surface area (Å²) in [5.74, 6) is -0.682. The summed E-state index contributed by atoms with van der Waals surface area (Å²) in [6.07, 6.45) is 7.21. The molecule has 2 aromatic carbocycles. The van der Waals surface area contributed by atoms with Crippen LogP contribution in [0.5, 0.6) is 0 Å². The summed E-state index contributed by atoms with van der Waals surface area (Å²) in [5, 5.41) is 53.1. The number of carboxylic acid groups (broad SMARTS) is 1. The molecule has 0 aliphatic heterocycles. The van der Waals surface area contributed by atoms with Crippen LogP contribution in [-0.2, 0) is 75.9 Å². The van der Waals surface area contributed by atoms with Crippen molar-refractivity contribution in [1.82, 2.24) is 0 Å². The third kappa shape index (κ3) is 32.4. The Morgan fingerprint density at radius 3 is 1.32 bits per heavy atom. The van der Waals surface area contributed by atoms with Crippen LogP contribution in [-0.4, -0.2) is 168 Å². The van der Waals surface area contributed by atoms with E-state index in [0.717, 1.165) is 52.7 Å². The van der Waals surface area contributed by atoms with Crippen LogP contribution in [0.15, 0.2) is 71.8 Å². The molecule has 0 saturated heterocycles. The summed E-state index contributed by atoms with van der Waals surface area (Å²) in [6.45, 7) is 19.5. The molecular weight excluding hydrogens is 1010 g/mol. The number of hydrogen-bond acceptors (Lipinski definition) is 16. The van der Waals surface area contributed by atoms with Crippen molar-refractivity contribution in [2.45, 2.75) is 180 Å². The fraction of sp³-hybridized carbons (Fsp3) is 0.705. The van der Waals surface area contributed by atoms with Crippen molar-refractivity contribution >= 4 is 11.9 Å². The van der Waals surface area contributed by atoms with E-state index in [2.05, 4.69) is 26.0 Å². The van der Waals surface area contributed by atoms with Gasteiger partial charge in [-0.25, -0.2) is 0 Å². The summed E-state index contributed by atoms with van der Waals surface area (Å²) in [7, 11) is 7.87. The third-order valence-corrected chi connectivity index (χ3v) is 14.5. The molecule has 0 unspecified atom stereocenters. The maximum atomic E-state index is 11.4. The van der Waals surface area contributed by atoms with Crippen LogP contribution in [0.25, 0.3) is 0 Å². The predicted molar refractivity (Wildman–Crippen MR) is 303 cm³/mol. The van der Waals surface area contributed by atoms with Gasteiger partial charge in [-0.15, -0.1) is 0 Å². The van der Waals surface area contributed by atoms with Crippen LogP contribution in [0, 0.1) is 11.8 Å². The second-order valence-corrected chi connectivity index (χ2v) is 21.2. The van der Waals surface area contributed by atoms with E-state index >= 15 is 0 Å². The van der Waals surface area contributed by atoms with Gasteiger partial charge in [0.05, 0.1) is 83.4 Å². The second kappa shape index (κ2) is 44.5. The zero-order chi connectivity index (χ0) is 57.8. The number of carbonyl (C=O) groups is 2. The van der Waals surface area contributed by atoms with Gasteiger partial charge in [-0.05, 0) is 85.8 Å². The Labute approximate surface area is 486 Å². The van der Waals surface area contributed by atoms with E-state index in [4.69, 9.17) is 47.7 Å². The third-order valence-electron chi connectivity index (χ3n) is 14.5. The first-order valence-electron chi connectivity index (χ1n) is 27.5. The second-order valence-electron chi connectivity index (χ2n) is 21.2. The zero-order valence-electron chi connectivity index (χ0n) is 50.7. The maximum absolute atomic E-state index is 11.4. The van der Waals surface area contributed by atoms with Crippen LogP contribution in [0.4, 0.5) is 0 Å². The molecule has 0 aliphatic rings. The molecule has 0 spiro atoms. The first-order chi connectivity index (χ1) is 36.6. The predicted octanol–water partition coefficient (Wildman–Crippen LogP) is 5.91. The molecule has 2 aromatic rings. The van der Waals surface area contributed by atoms with Gasteiger partial charge >= 0.3 is 30.8 Å². The van der Waals surface area contributed by atoms with Crippen molar-refractivity contribution in [1.29, 1.82) is 0 Å². The van der Waals surface area contributed by atoms with Crippen molar-refractivity contribution in [3.8, 4) is 0 Å². The molecule has 79 heavy (non-hydrogen) atoms. The van der Waals surface area contributed by atoms with Gasteiger partial charge in [-0.2, -0.15) is 0 Å². The van der Waals surface area contributed by atoms with Crippen LogP contribution >= 0.6 is 0 Å². The van der Waals surface area contributed by atoms with Gasteiger partial charge in [0.15, 0.2) is 0 Å². The summed E-state index contributed by atoms with van der Waals surface area (Å²) in [5.41, 5.74) is 4.82. The molecular formula is C61H103LiO17. The van der Waals surface area contributed by atoms with E-state index in [1.165, 1.54) is 7.11 Å². The quantitative estimate of drug-likeness (QED) is 0.0170. The summed E-state index contributed by atoms with van der Waals surface area (Å²) < 4.78 is 47.9. The molecule has 0 amide bonds. The smallest absolute Gasteiger partial charge is 0.870 e. The van der Waals surface area contributed by atoms with Gasteiger partial charge in [-0.3, -0.25) is 9.59 Å². The first kappa shape index (κ1) is 78.0. The van der Waals surface area contributed by atoms with Crippen LogP contribution in [0.1, 0.15) is 142 Å². The van der Waals surface area contributed by atoms with Crippen molar-refractivity contribution < 1.29 is 102 Å². The summed E-state index contributed by atoms with van der Waals surface area (Å²) in [4.78, 5) is 22.2. The minimum atomic E-state index is -0.795. The molecule has 6 N–H and O–H groups in total. The zero-order valence-corrected chi connectivity index (χ0v) is 50.7. The fourth-order valence-corrected chi connectivity index (χ4v) is 8.61. The topological polar surface area (TPSA) is 248 Å². The fourth-order valence-electron chi connectivity index (χ4n) is 8.61. The molecule has 0 aliphatic carbocycles. The number of esters is 1. The average molecular weight is 1120 g/mol. The Hall–Kier alpha value is -3.06. The molecule has 17 nitrogen and oxygen atoms in total. The first-order valence-corrected chi connectivity index (χ1v) is 27.5. The van der Waals surface area contributed by atoms with E-state index in [9.17, 15) is 30.0 Å². The molecule has 0 fully saturated rings. The number of hydrogen-bond donors (Lipinski definition) is 5. The number of methoxy groups -OCH3 is 5. The van der Waals surface area contributed by atoms with Gasteiger partial charge in [0.25, 0.3) is 0 Å². The van der Waals surface area contributed by atoms with Gasteiger partial charge in [-0.1, -0.05) is 102 Å². The van der Waals surface area contributed by atoms with E-state index in [0.29, 0.717) is 91.0 Å². The van der Waals surface area contributed by atoms with Crippen molar-refractivity contribution in [3.63, 3.8) is 0 Å². The van der Waals surface area contributed by atoms with Gasteiger partial charge in [0.1, 0.15) is 13.6 Å². The number of aliphatic hydroxyl groups excluding tert-OH is 4. The van der Waals surface area contributed by atoms with Crippen LogP contribution < -0.4 is 18.9 Å². The minimum absolute atomic E-state index is 0. The van der Waals surface area contributed by atoms with Crippen molar-refractivity contribution in [2.75, 3.05) is 88.8 Å². The molecule has 0 saturated carbocycles. The Morgan fingerprint density at radius 2 is 0.975 bits per heavy atom. The number of aliphatic carboxylic acids is 1. The van der Waals surface area contributed by atoms with E-state index < -0.39 is 41.2 Å². The Balaban J connectivity index is 0. The number of benzene rings is 2. The molecule has 18 heteroatoms. The monoisotopic (exact) mass is 1110 g/mol. The number of carbonyl (C=O) groups excluding carboxylic acids is 1. The summed E-state index contributed by atoms with van der Waals surface area (Å²) >= 11 is 0. The number of ether oxygens (including phenoxy) is 9. The van der Waals surface area contributed by atoms with E-state index in [1.54, 1.807) is 28.4 Å². The minimum Gasteiger partial charge on any atom is -0.870 e. The van der Waals surface area contributed by atoms with Gasteiger partial charge in [0, 0.05) is 89.6 Å². The van der Waals surface area contributed by atoms with Crippen LogP contribution in [0.2, 0.25) is 0 Å². The Morgan fingerprint density at radius 1 is 0.582 bits per heavy atom. The standard InChI is InChI=1S/C31H52O8.C30H50O8.Li.H2O/c1-8-24(21-39-22-38-16-15-35-5)17-23(2)28(32)19-27(36-6)20-29(33)31(3,4)26-13-9-11-25(18-26)12-10-14-30(34)37-7;1-7-23(20-38-21-37-15-14-35-5)16-22(2)27(31)18-26(36-6)19-28(32)30(3,4)25-12-8-10-24(17-25)11-9-13-29(33)34;;/h9,11,13,17-18,24,27-29,32-33H,8,10,12,14-16,19-22H2,1-7H3;8,10,12,16-17,23,26-28,31-32H,7,9,11,13-15,18-21H2,1-6H3,(H,33,34);;1H2/q;;+1;/p-1/b23-17-;22-16-;;/t24-,27-,28+,29+;23-,26-,27+,28+;;/m11../s1. The van der Waals surface area contributed by atoms with E-state index in [1.807, 2.05) is 90.1 Å². The molecule has 450 valence electrons. The van der Waals surface area contributed by atoms with Crippen molar-refractivity contribution in [3.05, 3.63) is 94.1 Å². The Bertz CT molecular complexity index is 1940. The molecule has 0 heterocycles. The number of aliphatic hydroxyl groups is 4. The molecule has 0 bridgehead atoms. The van der Waals surface area contributed by atoms with Crippen LogP contribution in [0.3, 0.4) is 0 Å². The number of aryl methyl sites for hydroxylation is 2. The largest absolute Gasteiger partial charge is 1.00 e. The number of rotatable bonds is 42. The van der Waals surface area contributed by atoms with Gasteiger partial charge in [0.2, 0.25) is 0 Å². The number of carboxylic acids is 1. The van der Waals surface area contributed by atoms with Gasteiger partial charge < -0.3 is 73.6 Å². The molecule has 0 aromatic heterocycles. The van der Waals surface area contributed by atoms with Crippen molar-refractivity contribution in [2.24, 2.45) is 11.8 Å². The average Bonchev–Trinajstić information content (AvgIpc) is 3.41.